The van der Waals surface area contributed by atoms with Crippen molar-refractivity contribution in [2.75, 3.05) is 13.2 Å². The van der Waals surface area contributed by atoms with Gasteiger partial charge in [-0.25, -0.2) is 0 Å². The summed E-state index contributed by atoms with van der Waals surface area (Å²) in [5, 5.41) is 0. The monoisotopic (exact) mass is 370 g/mol. The fraction of sp³-hybridized carbons (Fsp3) is 0.909. The van der Waals surface area contributed by atoms with Crippen LogP contribution in [0.1, 0.15) is 117 Å². The zero-order valence-electron chi connectivity index (χ0n) is 17.4. The molecular formula is C22H42O4. The number of rotatable bonds is 19. The molecule has 0 aromatic carbocycles. The maximum atomic E-state index is 11.6. The summed E-state index contributed by atoms with van der Waals surface area (Å²) in [6.45, 7) is 5.33. The zero-order chi connectivity index (χ0) is 19.3. The van der Waals surface area contributed by atoms with Gasteiger partial charge in [-0.1, -0.05) is 90.9 Å². The summed E-state index contributed by atoms with van der Waals surface area (Å²) in [6.07, 6.45) is 17.2. The minimum atomic E-state index is -0.294. The van der Waals surface area contributed by atoms with Gasteiger partial charge in [0.2, 0.25) is 0 Å². The third-order valence-electron chi connectivity index (χ3n) is 4.56. The normalized spacial score (nSPS) is 10.7. The second-order valence-electron chi connectivity index (χ2n) is 7.18. The van der Waals surface area contributed by atoms with E-state index in [0.29, 0.717) is 13.2 Å². The molecule has 0 spiro atoms. The molecule has 0 unspecified atom stereocenters. The van der Waals surface area contributed by atoms with Crippen LogP contribution < -0.4 is 0 Å². The molecular weight excluding hydrogens is 328 g/mol. The average Bonchev–Trinajstić information content (AvgIpc) is 2.64. The first kappa shape index (κ1) is 24.9. The summed E-state index contributed by atoms with van der Waals surface area (Å²) in [4.78, 5) is 23.1. The van der Waals surface area contributed by atoms with E-state index in [1.165, 1.54) is 64.2 Å². The quantitative estimate of drug-likeness (QED) is 0.196. The fourth-order valence-electron chi connectivity index (χ4n) is 2.84. The number of hydrogen-bond acceptors (Lipinski definition) is 4. The van der Waals surface area contributed by atoms with Crippen molar-refractivity contribution >= 4 is 11.9 Å². The van der Waals surface area contributed by atoms with Gasteiger partial charge in [0.05, 0.1) is 26.1 Å². The van der Waals surface area contributed by atoms with Crippen molar-refractivity contribution in [3.8, 4) is 0 Å². The Hall–Kier alpha value is -1.06. The summed E-state index contributed by atoms with van der Waals surface area (Å²) >= 11 is 0. The Kier molecular flexibility index (Phi) is 19.4. The smallest absolute Gasteiger partial charge is 0.306 e. The van der Waals surface area contributed by atoms with Crippen LogP contribution in [-0.2, 0) is 19.1 Å². The lowest BCUT2D eigenvalue weighted by Crippen LogP contribution is -2.11. The Balaban J connectivity index is 3.29. The predicted molar refractivity (Wildman–Crippen MR) is 107 cm³/mol. The van der Waals surface area contributed by atoms with Gasteiger partial charge in [-0.2, -0.15) is 0 Å². The van der Waals surface area contributed by atoms with Gasteiger partial charge in [0, 0.05) is 0 Å². The molecule has 0 heterocycles. The van der Waals surface area contributed by atoms with E-state index >= 15 is 0 Å². The Bertz CT molecular complexity index is 328. The average molecular weight is 371 g/mol. The molecule has 0 N–H and O–H groups in total. The standard InChI is InChI=1S/C22H42O4/c1-3-5-7-9-10-11-12-13-14-16-20-26-22(24)18-17-21(23)25-19-15-8-6-4-2/h3-20H2,1-2H3. The second kappa shape index (κ2) is 20.3. The topological polar surface area (TPSA) is 52.6 Å². The molecule has 154 valence electrons. The van der Waals surface area contributed by atoms with E-state index in [-0.39, 0.29) is 24.8 Å². The number of unbranched alkanes of at least 4 members (excludes halogenated alkanes) is 12. The first-order valence-corrected chi connectivity index (χ1v) is 11.0. The summed E-state index contributed by atoms with van der Waals surface area (Å²) in [7, 11) is 0. The van der Waals surface area contributed by atoms with Crippen molar-refractivity contribution in [1.82, 2.24) is 0 Å². The zero-order valence-corrected chi connectivity index (χ0v) is 17.4. The van der Waals surface area contributed by atoms with Gasteiger partial charge < -0.3 is 9.47 Å². The van der Waals surface area contributed by atoms with Gasteiger partial charge >= 0.3 is 11.9 Å². The minimum absolute atomic E-state index is 0.130. The molecule has 0 aliphatic carbocycles. The molecule has 0 rings (SSSR count). The molecule has 0 aliphatic rings. The highest BCUT2D eigenvalue weighted by atomic mass is 16.5. The summed E-state index contributed by atoms with van der Waals surface area (Å²) in [6, 6.07) is 0. The molecule has 4 heteroatoms. The lowest BCUT2D eigenvalue weighted by molar-refractivity contribution is -0.150. The van der Waals surface area contributed by atoms with E-state index in [1.807, 2.05) is 0 Å². The van der Waals surface area contributed by atoms with Crippen molar-refractivity contribution in [2.24, 2.45) is 0 Å². The predicted octanol–water partition coefficient (Wildman–Crippen LogP) is 6.35. The lowest BCUT2D eigenvalue weighted by Gasteiger charge is -2.06. The van der Waals surface area contributed by atoms with Gasteiger partial charge in [0.25, 0.3) is 0 Å². The van der Waals surface area contributed by atoms with Crippen LogP contribution in [0, 0.1) is 0 Å². The Labute approximate surface area is 161 Å². The van der Waals surface area contributed by atoms with E-state index in [2.05, 4.69) is 13.8 Å². The summed E-state index contributed by atoms with van der Waals surface area (Å²) in [5.74, 6) is -0.582. The SMILES string of the molecule is CCCCCCCCCCCCOC(=O)CCC(=O)OCCCCCC. The number of carbonyl (C=O) groups excluding carboxylic acids is 2. The maximum absolute atomic E-state index is 11.6. The van der Waals surface area contributed by atoms with E-state index in [0.717, 1.165) is 25.7 Å². The third-order valence-corrected chi connectivity index (χ3v) is 4.56. The highest BCUT2D eigenvalue weighted by molar-refractivity contribution is 5.77. The van der Waals surface area contributed by atoms with Gasteiger partial charge in [-0.05, 0) is 12.8 Å². The molecule has 0 atom stereocenters. The lowest BCUT2D eigenvalue weighted by atomic mass is 10.1. The van der Waals surface area contributed by atoms with Crippen molar-refractivity contribution in [1.29, 1.82) is 0 Å². The van der Waals surface area contributed by atoms with Gasteiger partial charge in [-0.3, -0.25) is 9.59 Å². The number of esters is 2. The molecule has 26 heavy (non-hydrogen) atoms. The number of carbonyl (C=O) groups is 2. The van der Waals surface area contributed by atoms with Crippen LogP contribution in [0.25, 0.3) is 0 Å². The Morgan fingerprint density at radius 1 is 0.500 bits per heavy atom. The van der Waals surface area contributed by atoms with Crippen molar-refractivity contribution in [2.45, 2.75) is 117 Å². The third kappa shape index (κ3) is 19.3. The first-order valence-electron chi connectivity index (χ1n) is 11.0. The van der Waals surface area contributed by atoms with Crippen molar-refractivity contribution in [3.63, 3.8) is 0 Å². The molecule has 0 aliphatic heterocycles. The molecule has 0 aromatic heterocycles. The van der Waals surface area contributed by atoms with Gasteiger partial charge in [0.1, 0.15) is 0 Å². The molecule has 0 saturated heterocycles. The second-order valence-corrected chi connectivity index (χ2v) is 7.18. The fourth-order valence-corrected chi connectivity index (χ4v) is 2.84. The van der Waals surface area contributed by atoms with Crippen LogP contribution in [0.15, 0.2) is 0 Å². The summed E-state index contributed by atoms with van der Waals surface area (Å²) < 4.78 is 10.3. The maximum Gasteiger partial charge on any atom is 0.306 e. The molecule has 0 bridgehead atoms. The molecule has 0 saturated carbocycles. The van der Waals surface area contributed by atoms with Gasteiger partial charge in [-0.15, -0.1) is 0 Å². The number of ether oxygens (including phenoxy) is 2. The highest BCUT2D eigenvalue weighted by Gasteiger charge is 2.08. The van der Waals surface area contributed by atoms with Crippen molar-refractivity contribution < 1.29 is 19.1 Å². The van der Waals surface area contributed by atoms with Crippen LogP contribution >= 0.6 is 0 Å². The van der Waals surface area contributed by atoms with Crippen LogP contribution in [0.2, 0.25) is 0 Å². The van der Waals surface area contributed by atoms with Crippen LogP contribution in [-0.4, -0.2) is 25.2 Å². The summed E-state index contributed by atoms with van der Waals surface area (Å²) in [5.41, 5.74) is 0. The van der Waals surface area contributed by atoms with Crippen molar-refractivity contribution in [3.05, 3.63) is 0 Å². The van der Waals surface area contributed by atoms with Crippen LogP contribution in [0.5, 0.6) is 0 Å². The molecule has 0 amide bonds. The van der Waals surface area contributed by atoms with Gasteiger partial charge in [0.15, 0.2) is 0 Å². The van der Waals surface area contributed by atoms with E-state index < -0.39 is 0 Å². The first-order chi connectivity index (χ1) is 12.7. The molecule has 0 aromatic rings. The molecule has 4 nitrogen and oxygen atoms in total. The Morgan fingerprint density at radius 3 is 1.19 bits per heavy atom. The van der Waals surface area contributed by atoms with E-state index in [1.54, 1.807) is 0 Å². The molecule has 0 fully saturated rings. The van der Waals surface area contributed by atoms with Crippen LogP contribution in [0.3, 0.4) is 0 Å². The highest BCUT2D eigenvalue weighted by Crippen LogP contribution is 2.10. The van der Waals surface area contributed by atoms with E-state index in [9.17, 15) is 9.59 Å². The van der Waals surface area contributed by atoms with E-state index in [4.69, 9.17) is 9.47 Å². The number of hydrogen-bond donors (Lipinski definition) is 0. The largest absolute Gasteiger partial charge is 0.466 e. The van der Waals surface area contributed by atoms with Crippen LogP contribution in [0.4, 0.5) is 0 Å². The minimum Gasteiger partial charge on any atom is -0.466 e. The molecule has 0 radical (unpaired) electrons. The Morgan fingerprint density at radius 2 is 0.808 bits per heavy atom.